The van der Waals surface area contributed by atoms with Gasteiger partial charge in [0.25, 0.3) is 0 Å². The molecular weight excluding hydrogens is 372 g/mol. The molecule has 0 radical (unpaired) electrons. The Kier molecular flexibility index (Phi) is 6.10. The zero-order valence-electron chi connectivity index (χ0n) is 17.3. The van der Waals surface area contributed by atoms with Crippen LogP contribution < -0.4 is 15.9 Å². The summed E-state index contributed by atoms with van der Waals surface area (Å²) in [5.74, 6) is 0. The second kappa shape index (κ2) is 8.57. The van der Waals surface area contributed by atoms with Gasteiger partial charge in [-0.3, -0.25) is 0 Å². The van der Waals surface area contributed by atoms with Gasteiger partial charge in [-0.1, -0.05) is 0 Å². The van der Waals surface area contributed by atoms with Crippen LogP contribution in [-0.4, -0.2) is 33.1 Å². The van der Waals surface area contributed by atoms with Gasteiger partial charge in [0.05, 0.1) is 0 Å². The Bertz CT molecular complexity index is 847. The maximum absolute atomic E-state index is 2.66. The van der Waals surface area contributed by atoms with Crippen molar-refractivity contribution in [2.75, 3.05) is 12.3 Å². The summed E-state index contributed by atoms with van der Waals surface area (Å²) in [7, 11) is 2.17. The van der Waals surface area contributed by atoms with E-state index in [0.717, 1.165) is 5.66 Å². The monoisotopic (exact) mass is 404 g/mol. The summed E-state index contributed by atoms with van der Waals surface area (Å²) in [6.07, 6.45) is 7.09. The van der Waals surface area contributed by atoms with E-state index < -0.39 is 14.3 Å². The van der Waals surface area contributed by atoms with Gasteiger partial charge in [0.15, 0.2) is 0 Å². The van der Waals surface area contributed by atoms with Crippen molar-refractivity contribution in [3.05, 3.63) is 91.0 Å². The number of benzene rings is 3. The average Bonchev–Trinajstić information content (AvgIpc) is 3.15. The van der Waals surface area contributed by atoms with Gasteiger partial charge in [0.2, 0.25) is 0 Å². The predicted octanol–water partition coefficient (Wildman–Crippen LogP) is 3.11. The van der Waals surface area contributed by atoms with Crippen LogP contribution in [0.1, 0.15) is 19.3 Å². The van der Waals surface area contributed by atoms with E-state index in [-0.39, 0.29) is 0 Å². The van der Waals surface area contributed by atoms with E-state index in [1.54, 1.807) is 15.9 Å². The summed E-state index contributed by atoms with van der Waals surface area (Å²) in [6.45, 7) is 0. The third kappa shape index (κ3) is 3.87. The van der Waals surface area contributed by atoms with Gasteiger partial charge in [-0.2, -0.15) is 0 Å². The summed E-state index contributed by atoms with van der Waals surface area (Å²) in [5, 5.41) is 4.85. The summed E-state index contributed by atoms with van der Waals surface area (Å²) < 4.78 is 0. The molecule has 4 heteroatoms. The number of hydrogen-bond donors (Lipinski definition) is 0. The normalized spacial score (nSPS) is 20.5. The van der Waals surface area contributed by atoms with Gasteiger partial charge in [-0.05, 0) is 0 Å². The quantitative estimate of drug-likeness (QED) is 0.438. The van der Waals surface area contributed by atoms with Crippen LogP contribution >= 0.6 is 14.3 Å². The van der Waals surface area contributed by atoms with Crippen molar-refractivity contribution in [3.8, 4) is 0 Å². The number of hydrogen-bond acceptors (Lipinski definition) is 0. The zero-order valence-corrected chi connectivity index (χ0v) is 19.3. The van der Waals surface area contributed by atoms with Crippen molar-refractivity contribution in [1.29, 1.82) is 0 Å². The Morgan fingerprint density at radius 3 is 1.82 bits per heavy atom. The van der Waals surface area contributed by atoms with Gasteiger partial charge in [0, 0.05) is 0 Å². The van der Waals surface area contributed by atoms with Gasteiger partial charge >= 0.3 is 174 Å². The van der Waals surface area contributed by atoms with E-state index in [2.05, 4.69) is 106 Å². The van der Waals surface area contributed by atoms with Crippen LogP contribution in [0.3, 0.4) is 0 Å². The Labute approximate surface area is 173 Å². The van der Waals surface area contributed by atoms with Crippen molar-refractivity contribution in [1.82, 2.24) is 0 Å². The first kappa shape index (κ1) is 19.9. The minimum absolute atomic E-state index is 0.925. The van der Waals surface area contributed by atoms with Crippen molar-refractivity contribution in [3.63, 3.8) is 0 Å². The van der Waals surface area contributed by atoms with Crippen LogP contribution in [0.25, 0.3) is 0 Å². The molecular formula is C24H32B2P2. The fourth-order valence-electron chi connectivity index (χ4n) is 5.43. The molecule has 4 rings (SSSR count). The van der Waals surface area contributed by atoms with Crippen molar-refractivity contribution >= 4 is 45.3 Å². The summed E-state index contributed by atoms with van der Waals surface area (Å²) in [5.41, 5.74) is 0.925. The molecule has 1 saturated heterocycles. The molecule has 28 heavy (non-hydrogen) atoms. The molecule has 144 valence electrons. The maximum atomic E-state index is 2.66. The van der Waals surface area contributed by atoms with Gasteiger partial charge < -0.3 is 0 Å². The third-order valence-corrected chi connectivity index (χ3v) is 17.3. The average molecular weight is 404 g/mol. The molecule has 1 atom stereocenters. The fourth-order valence-corrected chi connectivity index (χ4v) is 14.1. The van der Waals surface area contributed by atoms with E-state index >= 15 is 0 Å². The standard InChI is InChI=1S/C24H32B2P2/c25-27(21-11-4-1-5-12-21)19-10-17-24(27)18-20-28(26,22-13-6-2-7-14-22)23-15-8-3-9-16-23/h1-9,11-16,24,27-28H,10,17-20,25-26H2/t24-/m1/s1. The molecule has 3 aromatic rings. The van der Waals surface area contributed by atoms with E-state index in [0.29, 0.717) is 0 Å². The van der Waals surface area contributed by atoms with Gasteiger partial charge in [0.1, 0.15) is 0 Å². The second-order valence-electron chi connectivity index (χ2n) is 8.98. The van der Waals surface area contributed by atoms with E-state index in [1.165, 1.54) is 31.6 Å². The summed E-state index contributed by atoms with van der Waals surface area (Å²) in [4.78, 5) is 0. The van der Waals surface area contributed by atoms with Crippen molar-refractivity contribution < 1.29 is 0 Å². The van der Waals surface area contributed by atoms with Crippen LogP contribution in [0.5, 0.6) is 0 Å². The van der Waals surface area contributed by atoms with Crippen LogP contribution in [0.2, 0.25) is 0 Å². The van der Waals surface area contributed by atoms with E-state index in [9.17, 15) is 0 Å². The Morgan fingerprint density at radius 1 is 0.786 bits per heavy atom. The molecule has 1 fully saturated rings. The molecule has 0 spiro atoms. The zero-order chi connectivity index (χ0) is 19.5. The minimum atomic E-state index is -1.71. The topological polar surface area (TPSA) is 0 Å². The SMILES string of the molecule is B[PH](CC[C@H]1CCC[PH]1(B)c1ccccc1)(c1ccccc1)c1ccccc1. The first-order chi connectivity index (χ1) is 13.6. The Morgan fingerprint density at radius 2 is 1.29 bits per heavy atom. The first-order valence-corrected chi connectivity index (χ1v) is 16.3. The molecule has 0 amide bonds. The van der Waals surface area contributed by atoms with E-state index in [1.807, 2.05) is 0 Å². The van der Waals surface area contributed by atoms with Gasteiger partial charge in [-0.15, -0.1) is 0 Å². The molecule has 1 heterocycles. The number of rotatable bonds is 6. The molecule has 0 aromatic heterocycles. The summed E-state index contributed by atoms with van der Waals surface area (Å²) in [6, 6.07) is 34.2. The van der Waals surface area contributed by atoms with Crippen LogP contribution in [0.4, 0.5) is 0 Å². The Balaban J connectivity index is 1.62. The van der Waals surface area contributed by atoms with Crippen molar-refractivity contribution in [2.45, 2.75) is 24.9 Å². The third-order valence-electron chi connectivity index (χ3n) is 7.40. The Hall–Kier alpha value is -1.35. The van der Waals surface area contributed by atoms with Crippen molar-refractivity contribution in [2.24, 2.45) is 0 Å². The fraction of sp³-hybridized carbons (Fsp3) is 0.250. The molecule has 0 saturated carbocycles. The van der Waals surface area contributed by atoms with Crippen LogP contribution in [0, 0.1) is 0 Å². The van der Waals surface area contributed by atoms with Crippen LogP contribution in [-0.2, 0) is 0 Å². The molecule has 1 aliphatic rings. The summed E-state index contributed by atoms with van der Waals surface area (Å²) >= 11 is 0. The molecule has 0 unspecified atom stereocenters. The molecule has 0 nitrogen and oxygen atoms in total. The predicted molar refractivity (Wildman–Crippen MR) is 139 cm³/mol. The molecule has 3 aromatic carbocycles. The molecule has 1 aliphatic heterocycles. The van der Waals surface area contributed by atoms with Gasteiger partial charge in [-0.25, -0.2) is 0 Å². The first-order valence-electron chi connectivity index (χ1n) is 10.8. The molecule has 0 aliphatic carbocycles. The molecule has 0 N–H and O–H groups in total. The van der Waals surface area contributed by atoms with E-state index in [4.69, 9.17) is 0 Å². The second-order valence-corrected chi connectivity index (χ2v) is 18.0. The molecule has 0 bridgehead atoms. The van der Waals surface area contributed by atoms with Crippen LogP contribution in [0.15, 0.2) is 91.0 Å².